The molecule has 0 aliphatic carbocycles. The molecule has 0 spiro atoms. The molecule has 7 heteroatoms. The van der Waals surface area contributed by atoms with Gasteiger partial charge in [0.1, 0.15) is 0 Å². The number of aromatic nitrogens is 2. The SMILES string of the molecule is CC(C)(C)c1ccc(-c2cc(-c3cccc(C#N)c3)c(N3c4cc(-n5c6ccccc6c6ccccc65)ccc4B4c5ccc(-n6c7ccccc7c7ccccc76)cc5N(c5c(-c6cccc(C#N)c6)cc(-c6ccc(C(C)(C)C)cc6)cc5-c5cccc(-c6ccccc6)c5)c5cc(C(C)(C)C)cc3c54)c(-c3cccc(-c4ccccc4)c3)c2)cc1. The highest BCUT2D eigenvalue weighted by atomic mass is 15.2. The number of hydrogen-bond donors (Lipinski definition) is 0. The van der Waals surface area contributed by atoms with Gasteiger partial charge in [-0.2, -0.15) is 10.5 Å². The second-order valence-electron chi connectivity index (χ2n) is 36.3. The van der Waals surface area contributed by atoms with Crippen LogP contribution in [-0.2, 0) is 16.2 Å². The fourth-order valence-electron chi connectivity index (χ4n) is 19.4. The standard InChI is InChI=1S/C116H89BN6/c1-114(2,3)88-52-48-78(49-53-88)86-64-97(82-36-24-28-74(60-82)72-118)112(99(66-86)84-38-26-34-80(62-84)76-30-12-10-13-31-76)122-107-70-91(120-103-44-20-16-40-93(103)94-41-17-21-45-104(94)120)56-58-101(107)117-102-59-57-92(121-105-46-22-18-42-95(105)96-43-19-23-47-106(96)121)71-108(102)123(110-69-90(116(7,8)9)68-109(122)111(110)117)113-98(83-37-25-29-75(61-83)73-119)65-87(79-50-54-89(55-51-79)115(4,5)6)67-100(113)85-39-27-35-81(63-85)77-32-14-11-15-33-77/h10-71H,1-9H3. The Bertz CT molecular complexity index is 7030. The first kappa shape index (κ1) is 75.5. The summed E-state index contributed by atoms with van der Waals surface area (Å²) in [5, 5.41) is 27.1. The molecule has 0 unspecified atom stereocenters. The fourth-order valence-corrected chi connectivity index (χ4v) is 19.4. The van der Waals surface area contributed by atoms with Crippen LogP contribution in [0.5, 0.6) is 0 Å². The third-order valence-electron chi connectivity index (χ3n) is 25.6. The average molecular weight is 1580 g/mol. The molecule has 123 heavy (non-hydrogen) atoms. The lowest BCUT2D eigenvalue weighted by Crippen LogP contribution is -2.61. The van der Waals surface area contributed by atoms with Crippen molar-refractivity contribution in [3.63, 3.8) is 0 Å². The molecule has 2 aromatic heterocycles. The molecule has 0 N–H and O–H groups in total. The van der Waals surface area contributed by atoms with Gasteiger partial charge in [0.05, 0.1) is 56.7 Å². The summed E-state index contributed by atoms with van der Waals surface area (Å²) < 4.78 is 4.94. The normalized spacial score (nSPS) is 12.5. The number of nitriles is 2. The molecule has 0 atom stereocenters. The van der Waals surface area contributed by atoms with Gasteiger partial charge in [-0.05, 0) is 237 Å². The molecule has 0 amide bonds. The molecule has 0 bridgehead atoms. The summed E-state index contributed by atoms with van der Waals surface area (Å²) in [4.78, 5) is 5.31. The topological polar surface area (TPSA) is 63.9 Å². The predicted octanol–water partition coefficient (Wildman–Crippen LogP) is 28.9. The van der Waals surface area contributed by atoms with Crippen LogP contribution in [0.3, 0.4) is 0 Å². The van der Waals surface area contributed by atoms with Gasteiger partial charge in [0.15, 0.2) is 0 Å². The molecule has 586 valence electrons. The van der Waals surface area contributed by atoms with Gasteiger partial charge in [0.25, 0.3) is 6.71 Å². The van der Waals surface area contributed by atoms with Crippen molar-refractivity contribution in [2.45, 2.75) is 78.6 Å². The van der Waals surface area contributed by atoms with Crippen LogP contribution < -0.4 is 26.2 Å². The molecule has 0 radical (unpaired) electrons. The third-order valence-corrected chi connectivity index (χ3v) is 25.6. The van der Waals surface area contributed by atoms with Gasteiger partial charge in [-0.25, -0.2) is 0 Å². The maximum absolute atomic E-state index is 11.2. The monoisotopic (exact) mass is 1580 g/mol. The van der Waals surface area contributed by atoms with Crippen molar-refractivity contribution in [3.8, 4) is 113 Å². The number of rotatable bonds is 12. The molecule has 0 saturated carbocycles. The summed E-state index contributed by atoms with van der Waals surface area (Å²) in [7, 11) is 0. The van der Waals surface area contributed by atoms with E-state index in [1.807, 2.05) is 24.3 Å². The van der Waals surface area contributed by atoms with Gasteiger partial charge in [-0.1, -0.05) is 317 Å². The molecule has 0 saturated heterocycles. The van der Waals surface area contributed by atoms with E-state index in [1.54, 1.807) is 0 Å². The third kappa shape index (κ3) is 13.0. The van der Waals surface area contributed by atoms with Crippen molar-refractivity contribution in [2.75, 3.05) is 9.80 Å². The highest BCUT2D eigenvalue weighted by Crippen LogP contribution is 2.57. The molecule has 0 fully saturated rings. The number of anilines is 6. The Morgan fingerprint density at radius 3 is 0.878 bits per heavy atom. The van der Waals surface area contributed by atoms with Crippen molar-refractivity contribution >= 4 is 101 Å². The van der Waals surface area contributed by atoms with E-state index in [0.29, 0.717) is 11.1 Å². The number of hydrogen-bond acceptors (Lipinski definition) is 4. The summed E-state index contributed by atoms with van der Waals surface area (Å²) in [5.41, 5.74) is 36.4. The Hall–Kier alpha value is -15.0. The minimum Gasteiger partial charge on any atom is -0.310 e. The fraction of sp³-hybridized carbons (Fsp3) is 0.103. The van der Waals surface area contributed by atoms with E-state index < -0.39 is 12.1 Å². The van der Waals surface area contributed by atoms with Crippen molar-refractivity contribution in [1.29, 1.82) is 10.5 Å². The number of fused-ring (bicyclic) bond motifs is 10. The minimum atomic E-state index is -0.478. The van der Waals surface area contributed by atoms with Gasteiger partial charge in [-0.3, -0.25) is 0 Å². The zero-order valence-corrected chi connectivity index (χ0v) is 70.6. The minimum absolute atomic E-state index is 0.0845. The average Bonchev–Trinajstić information content (AvgIpc) is 0.924. The first-order valence-electron chi connectivity index (χ1n) is 42.7. The Balaban J connectivity index is 0.953. The van der Waals surface area contributed by atoms with Crippen molar-refractivity contribution in [1.82, 2.24) is 9.13 Å². The van der Waals surface area contributed by atoms with Crippen LogP contribution in [0.2, 0.25) is 0 Å². The first-order chi connectivity index (χ1) is 59.8. The second kappa shape index (κ2) is 29.5. The first-order valence-corrected chi connectivity index (χ1v) is 42.7. The van der Waals surface area contributed by atoms with Crippen LogP contribution in [0.25, 0.3) is 144 Å². The summed E-state index contributed by atoms with van der Waals surface area (Å²) in [5.74, 6) is 0. The highest BCUT2D eigenvalue weighted by molar-refractivity contribution is 7.00. The van der Waals surface area contributed by atoms with Gasteiger partial charge in [0, 0.05) is 77.9 Å². The van der Waals surface area contributed by atoms with Gasteiger partial charge in [-0.15, -0.1) is 0 Å². The molecule has 6 nitrogen and oxygen atoms in total. The van der Waals surface area contributed by atoms with Crippen LogP contribution >= 0.6 is 0 Å². The molecule has 4 heterocycles. The van der Waals surface area contributed by atoms with E-state index in [-0.39, 0.29) is 10.8 Å². The van der Waals surface area contributed by atoms with Gasteiger partial charge < -0.3 is 18.9 Å². The smallest absolute Gasteiger partial charge is 0.252 e. The molecule has 2 aliphatic rings. The highest BCUT2D eigenvalue weighted by Gasteiger charge is 2.47. The number of nitrogens with zero attached hydrogens (tertiary/aromatic N) is 6. The van der Waals surface area contributed by atoms with Crippen LogP contribution in [0, 0.1) is 22.7 Å². The van der Waals surface area contributed by atoms with Gasteiger partial charge in [0.2, 0.25) is 0 Å². The van der Waals surface area contributed by atoms with E-state index in [4.69, 9.17) is 0 Å². The second-order valence-corrected chi connectivity index (χ2v) is 36.3. The quantitative estimate of drug-likeness (QED) is 0.114. The van der Waals surface area contributed by atoms with E-state index >= 15 is 0 Å². The Labute approximate surface area is 720 Å². The maximum atomic E-state index is 11.2. The Kier molecular flexibility index (Phi) is 18.1. The summed E-state index contributed by atoms with van der Waals surface area (Å²) >= 11 is 0. The van der Waals surface area contributed by atoms with E-state index in [1.165, 1.54) is 32.7 Å². The van der Waals surface area contributed by atoms with Crippen molar-refractivity contribution in [3.05, 3.63) is 404 Å². The predicted molar refractivity (Wildman–Crippen MR) is 518 cm³/mol. The lowest BCUT2D eigenvalue weighted by atomic mass is 9.33. The summed E-state index contributed by atoms with van der Waals surface area (Å²) in [6.45, 7) is 20.3. The molecule has 2 aliphatic heterocycles. The van der Waals surface area contributed by atoms with Crippen molar-refractivity contribution < 1.29 is 0 Å². The lowest BCUT2D eigenvalue weighted by Gasteiger charge is -2.46. The zero-order chi connectivity index (χ0) is 83.7. The Morgan fingerprint density at radius 2 is 0.537 bits per heavy atom. The largest absolute Gasteiger partial charge is 0.310 e. The summed E-state index contributed by atoms with van der Waals surface area (Å²) in [6.07, 6.45) is 0. The number of para-hydroxylation sites is 4. The van der Waals surface area contributed by atoms with Crippen LogP contribution in [0.1, 0.15) is 90.1 Å². The zero-order valence-electron chi connectivity index (χ0n) is 70.6. The van der Waals surface area contributed by atoms with Gasteiger partial charge >= 0.3 is 0 Å². The van der Waals surface area contributed by atoms with E-state index in [9.17, 15) is 10.5 Å². The van der Waals surface area contributed by atoms with Crippen LogP contribution in [0.4, 0.5) is 34.1 Å². The van der Waals surface area contributed by atoms with Crippen LogP contribution in [0.15, 0.2) is 376 Å². The number of benzene rings is 17. The molecule has 19 aromatic rings. The molecular weight excluding hydrogens is 1490 g/mol. The maximum Gasteiger partial charge on any atom is 0.252 e. The molecular formula is C116H89BN6. The van der Waals surface area contributed by atoms with E-state index in [0.717, 1.165) is 179 Å². The Morgan fingerprint density at radius 1 is 0.236 bits per heavy atom. The van der Waals surface area contributed by atoms with Crippen LogP contribution in [-0.4, -0.2) is 15.8 Å². The molecule has 17 aromatic carbocycles. The van der Waals surface area contributed by atoms with Crippen molar-refractivity contribution in [2.24, 2.45) is 0 Å². The molecule has 21 rings (SSSR count). The lowest BCUT2D eigenvalue weighted by molar-refractivity contribution is 0.590. The summed E-state index contributed by atoms with van der Waals surface area (Å²) in [6, 6.07) is 145. The van der Waals surface area contributed by atoms with E-state index in [2.05, 4.69) is 445 Å².